The first-order chi connectivity index (χ1) is 13.3. The molecule has 1 N–H and O–H groups in total. The van der Waals surface area contributed by atoms with E-state index in [1.54, 1.807) is 42.5 Å². The van der Waals surface area contributed by atoms with E-state index in [9.17, 15) is 13.2 Å². The molecular formula is C20H20ClN3O3S. The van der Waals surface area contributed by atoms with Crippen molar-refractivity contribution >= 4 is 39.1 Å². The molecule has 0 radical (unpaired) electrons. The highest BCUT2D eigenvalue weighted by Crippen LogP contribution is 2.30. The van der Waals surface area contributed by atoms with Crippen LogP contribution in [0.3, 0.4) is 0 Å². The van der Waals surface area contributed by atoms with Gasteiger partial charge in [0.2, 0.25) is 5.91 Å². The van der Waals surface area contributed by atoms with Crippen molar-refractivity contribution in [2.75, 3.05) is 18.4 Å². The smallest absolute Gasteiger partial charge is 0.285 e. The Kier molecular flexibility index (Phi) is 4.89. The van der Waals surface area contributed by atoms with E-state index in [2.05, 4.69) is 9.71 Å². The zero-order valence-electron chi connectivity index (χ0n) is 15.4. The van der Waals surface area contributed by atoms with Gasteiger partial charge in [-0.3, -0.25) is 4.79 Å². The topological polar surface area (TPSA) is 78.8 Å². The van der Waals surface area contributed by atoms with Crippen LogP contribution in [-0.2, 0) is 14.8 Å². The number of aryl methyl sites for hydroxylation is 1. The van der Waals surface area contributed by atoms with E-state index in [-0.39, 0.29) is 16.7 Å². The van der Waals surface area contributed by atoms with Gasteiger partial charge in [0.05, 0.1) is 5.92 Å². The maximum atomic E-state index is 12.8. The molecule has 2 aromatic rings. The number of hydrogen-bond donors (Lipinski definition) is 1. The molecule has 1 atom stereocenters. The van der Waals surface area contributed by atoms with Crippen molar-refractivity contribution < 1.29 is 13.2 Å². The molecule has 6 nitrogen and oxygen atoms in total. The second-order valence-corrected chi connectivity index (χ2v) is 9.13. The van der Waals surface area contributed by atoms with Crippen LogP contribution in [0, 0.1) is 12.8 Å². The zero-order chi connectivity index (χ0) is 19.9. The van der Waals surface area contributed by atoms with Crippen molar-refractivity contribution in [2.45, 2.75) is 24.7 Å². The molecule has 1 amide bonds. The van der Waals surface area contributed by atoms with Gasteiger partial charge in [-0.15, -0.1) is 4.40 Å². The number of likely N-dealkylation sites (tertiary alicyclic amines) is 1. The number of carbonyl (C=O) groups is 1. The van der Waals surface area contributed by atoms with Gasteiger partial charge < -0.3 is 10.2 Å². The normalized spacial score (nSPS) is 20.4. The largest absolute Gasteiger partial charge is 0.355 e. The summed E-state index contributed by atoms with van der Waals surface area (Å²) in [7, 11) is -3.67. The van der Waals surface area contributed by atoms with Crippen molar-refractivity contribution in [3.8, 4) is 0 Å². The molecule has 2 heterocycles. The van der Waals surface area contributed by atoms with E-state index in [1.165, 1.54) is 0 Å². The van der Waals surface area contributed by atoms with Crippen LogP contribution in [-0.4, -0.2) is 38.2 Å². The van der Waals surface area contributed by atoms with Crippen LogP contribution in [0.15, 0.2) is 51.8 Å². The number of anilines is 1. The lowest BCUT2D eigenvalue weighted by Gasteiger charge is -2.33. The van der Waals surface area contributed by atoms with Crippen LogP contribution in [0.4, 0.5) is 5.69 Å². The number of benzene rings is 2. The first-order valence-electron chi connectivity index (χ1n) is 9.11. The van der Waals surface area contributed by atoms with Crippen LogP contribution < -0.4 is 5.32 Å². The highest BCUT2D eigenvalue weighted by molar-refractivity contribution is 7.90. The Morgan fingerprint density at radius 2 is 2.04 bits per heavy atom. The first-order valence-corrected chi connectivity index (χ1v) is 10.9. The number of piperidine rings is 1. The fourth-order valence-corrected chi connectivity index (χ4v) is 5.16. The van der Waals surface area contributed by atoms with Crippen molar-refractivity contribution in [2.24, 2.45) is 10.3 Å². The highest BCUT2D eigenvalue weighted by atomic mass is 35.5. The number of hydrogen-bond acceptors (Lipinski definition) is 4. The van der Waals surface area contributed by atoms with Crippen molar-refractivity contribution in [3.63, 3.8) is 0 Å². The van der Waals surface area contributed by atoms with Crippen LogP contribution in [0.25, 0.3) is 0 Å². The van der Waals surface area contributed by atoms with Gasteiger partial charge in [0, 0.05) is 29.4 Å². The molecule has 2 aliphatic heterocycles. The van der Waals surface area contributed by atoms with E-state index < -0.39 is 10.0 Å². The van der Waals surface area contributed by atoms with Gasteiger partial charge in [-0.2, -0.15) is 8.42 Å². The van der Waals surface area contributed by atoms with E-state index >= 15 is 0 Å². The number of fused-ring (bicyclic) bond motifs is 1. The third kappa shape index (κ3) is 3.52. The fourth-order valence-electron chi connectivity index (χ4n) is 3.70. The van der Waals surface area contributed by atoms with Gasteiger partial charge in [0.15, 0.2) is 5.84 Å². The summed E-state index contributed by atoms with van der Waals surface area (Å²) in [6.07, 6.45) is 1.54. The number of nitrogens with zero attached hydrogens (tertiary/aromatic N) is 2. The van der Waals surface area contributed by atoms with Crippen LogP contribution in [0.1, 0.15) is 24.0 Å². The molecule has 0 spiro atoms. The van der Waals surface area contributed by atoms with E-state index in [0.29, 0.717) is 29.5 Å². The van der Waals surface area contributed by atoms with Gasteiger partial charge in [0.25, 0.3) is 10.0 Å². The van der Waals surface area contributed by atoms with Gasteiger partial charge in [0.1, 0.15) is 4.90 Å². The second kappa shape index (κ2) is 7.22. The third-order valence-electron chi connectivity index (χ3n) is 5.15. The predicted molar refractivity (Wildman–Crippen MR) is 109 cm³/mol. The average molecular weight is 418 g/mol. The molecule has 4 rings (SSSR count). The van der Waals surface area contributed by atoms with Crippen molar-refractivity contribution in [1.82, 2.24) is 4.90 Å². The van der Waals surface area contributed by atoms with E-state index in [4.69, 9.17) is 11.6 Å². The van der Waals surface area contributed by atoms with Crippen LogP contribution in [0.5, 0.6) is 0 Å². The minimum Gasteiger partial charge on any atom is -0.355 e. The molecule has 2 aromatic carbocycles. The second-order valence-electron chi connectivity index (χ2n) is 7.12. The van der Waals surface area contributed by atoms with E-state index in [1.807, 2.05) is 11.8 Å². The molecule has 0 saturated carbocycles. The molecule has 8 heteroatoms. The van der Waals surface area contributed by atoms with Crippen molar-refractivity contribution in [1.29, 1.82) is 0 Å². The summed E-state index contributed by atoms with van der Waals surface area (Å²) in [4.78, 5) is 14.9. The van der Waals surface area contributed by atoms with Gasteiger partial charge in [-0.1, -0.05) is 23.7 Å². The van der Waals surface area contributed by atoms with E-state index in [0.717, 1.165) is 24.1 Å². The number of sulfonamides is 1. The average Bonchev–Trinajstić information content (AvgIpc) is 2.96. The minimum atomic E-state index is -3.67. The molecule has 28 heavy (non-hydrogen) atoms. The molecule has 2 aliphatic rings. The fraction of sp³-hybridized carbons (Fsp3) is 0.300. The minimum absolute atomic E-state index is 0.0788. The lowest BCUT2D eigenvalue weighted by Crippen LogP contribution is -2.43. The lowest BCUT2D eigenvalue weighted by atomic mass is 9.96. The Balaban J connectivity index is 1.53. The summed E-state index contributed by atoms with van der Waals surface area (Å²) >= 11 is 5.98. The summed E-state index contributed by atoms with van der Waals surface area (Å²) in [6.45, 7) is 3.00. The molecule has 1 fully saturated rings. The lowest BCUT2D eigenvalue weighted by molar-refractivity contribution is -0.121. The molecule has 0 aromatic heterocycles. The van der Waals surface area contributed by atoms with Crippen molar-refractivity contribution in [3.05, 3.63) is 58.6 Å². The Labute approximate surface area is 169 Å². The van der Waals surface area contributed by atoms with Crippen LogP contribution in [0.2, 0.25) is 5.02 Å². The standard InChI is InChI=1S/C20H20ClN3O3S/c1-13-11-15(21)8-9-17(13)22-20(25)14-5-4-10-24(12-14)19-16-6-2-3-7-18(16)28(26,27)23-19/h2-3,6-9,11,14H,4-5,10,12H2,1H3,(H,22,25)/t14-/m0/s1. The Morgan fingerprint density at radius 3 is 2.82 bits per heavy atom. The number of amides is 1. The summed E-state index contributed by atoms with van der Waals surface area (Å²) in [5.74, 6) is 0.114. The molecule has 0 aliphatic carbocycles. The summed E-state index contributed by atoms with van der Waals surface area (Å²) in [5, 5.41) is 3.59. The maximum Gasteiger partial charge on any atom is 0.285 e. The SMILES string of the molecule is Cc1cc(Cl)ccc1NC(=O)[C@H]1CCCN(C2=NS(=O)(=O)c3ccccc32)C1. The quantitative estimate of drug-likeness (QED) is 0.811. The van der Waals surface area contributed by atoms with Gasteiger partial charge in [-0.05, 0) is 55.7 Å². The number of carbonyl (C=O) groups excluding carboxylic acids is 1. The summed E-state index contributed by atoms with van der Waals surface area (Å²) in [6, 6.07) is 12.2. The Bertz CT molecular complexity index is 1080. The molecule has 0 bridgehead atoms. The zero-order valence-corrected chi connectivity index (χ0v) is 16.9. The first kappa shape index (κ1) is 19.0. The Hall–Kier alpha value is -2.38. The number of nitrogens with one attached hydrogen (secondary N) is 1. The highest BCUT2D eigenvalue weighted by Gasteiger charge is 2.35. The summed E-state index contributed by atoms with van der Waals surface area (Å²) in [5.41, 5.74) is 2.24. The van der Waals surface area contributed by atoms with Gasteiger partial charge >= 0.3 is 0 Å². The number of halogens is 1. The number of amidine groups is 1. The van der Waals surface area contributed by atoms with Crippen LogP contribution >= 0.6 is 11.6 Å². The maximum absolute atomic E-state index is 12.8. The Morgan fingerprint density at radius 1 is 1.25 bits per heavy atom. The van der Waals surface area contributed by atoms with Gasteiger partial charge in [-0.25, -0.2) is 0 Å². The molecule has 0 unspecified atom stereocenters. The summed E-state index contributed by atoms with van der Waals surface area (Å²) < 4.78 is 28.6. The molecule has 1 saturated heterocycles. The monoisotopic (exact) mass is 417 g/mol. The third-order valence-corrected chi connectivity index (χ3v) is 6.71. The predicted octanol–water partition coefficient (Wildman–Crippen LogP) is 3.45. The molecule has 146 valence electrons. The molecular weight excluding hydrogens is 398 g/mol. The number of rotatable bonds is 2.